The molecule has 94 valence electrons. The van der Waals surface area contributed by atoms with Crippen molar-refractivity contribution in [3.05, 3.63) is 0 Å². The van der Waals surface area contributed by atoms with Crippen LogP contribution in [0.25, 0.3) is 0 Å². The van der Waals surface area contributed by atoms with Gasteiger partial charge in [0, 0.05) is 33.7 Å². The van der Waals surface area contributed by atoms with E-state index in [0.717, 1.165) is 6.42 Å². The smallest absolute Gasteiger partial charge is 0.241 e. The molecule has 0 saturated heterocycles. The second kappa shape index (κ2) is 8.10. The van der Waals surface area contributed by atoms with Crippen LogP contribution in [0, 0.1) is 0 Å². The summed E-state index contributed by atoms with van der Waals surface area (Å²) in [6.07, 6.45) is 1.58. The first kappa shape index (κ1) is 14.9. The van der Waals surface area contributed by atoms with Crippen molar-refractivity contribution in [1.82, 2.24) is 9.80 Å². The maximum atomic E-state index is 11.7. The fourth-order valence-electron chi connectivity index (χ4n) is 1.25. The van der Waals surface area contributed by atoms with Gasteiger partial charge >= 0.3 is 0 Å². The van der Waals surface area contributed by atoms with Gasteiger partial charge in [0.1, 0.15) is 0 Å². The number of hydrogen-bond donors (Lipinski definition) is 1. The van der Waals surface area contributed by atoms with Gasteiger partial charge in [-0.1, -0.05) is 6.92 Å². The van der Waals surface area contributed by atoms with E-state index in [9.17, 15) is 9.59 Å². The van der Waals surface area contributed by atoms with Crippen molar-refractivity contribution in [2.75, 3.05) is 33.8 Å². The molecule has 0 heterocycles. The quantitative estimate of drug-likeness (QED) is 0.674. The summed E-state index contributed by atoms with van der Waals surface area (Å²) >= 11 is 0. The summed E-state index contributed by atoms with van der Waals surface area (Å²) in [7, 11) is 3.34. The number of aliphatic hydroxyl groups excluding tert-OH is 1. The van der Waals surface area contributed by atoms with Crippen LogP contribution in [0.1, 0.15) is 26.2 Å². The summed E-state index contributed by atoms with van der Waals surface area (Å²) in [6.45, 7) is 2.69. The topological polar surface area (TPSA) is 60.9 Å². The van der Waals surface area contributed by atoms with Gasteiger partial charge in [0.25, 0.3) is 0 Å². The fraction of sp³-hybridized carbons (Fsp3) is 0.818. The molecule has 0 fully saturated rings. The molecular formula is C11H22N2O3. The zero-order valence-corrected chi connectivity index (χ0v) is 10.4. The molecule has 0 aromatic carbocycles. The maximum absolute atomic E-state index is 11.7. The number of rotatable bonds is 7. The minimum absolute atomic E-state index is 0.00727. The van der Waals surface area contributed by atoms with Gasteiger partial charge in [-0.15, -0.1) is 0 Å². The molecule has 0 bridgehead atoms. The van der Waals surface area contributed by atoms with E-state index >= 15 is 0 Å². The fourth-order valence-corrected chi connectivity index (χ4v) is 1.25. The third-order valence-electron chi connectivity index (χ3n) is 2.22. The Morgan fingerprint density at radius 2 is 1.81 bits per heavy atom. The van der Waals surface area contributed by atoms with E-state index in [4.69, 9.17) is 5.11 Å². The molecule has 5 heteroatoms. The normalized spacial score (nSPS) is 10.0. The van der Waals surface area contributed by atoms with Crippen molar-refractivity contribution in [2.24, 2.45) is 0 Å². The number of hydrogen-bond acceptors (Lipinski definition) is 3. The molecule has 0 rings (SSSR count). The Labute approximate surface area is 97.0 Å². The first-order chi connectivity index (χ1) is 7.52. The predicted octanol–water partition coefficient (Wildman–Crippen LogP) is 0.0857. The Balaban J connectivity index is 4.25. The van der Waals surface area contributed by atoms with Crippen molar-refractivity contribution in [3.63, 3.8) is 0 Å². The van der Waals surface area contributed by atoms with Crippen LogP contribution in [0.4, 0.5) is 0 Å². The summed E-state index contributed by atoms with van der Waals surface area (Å²) < 4.78 is 0. The van der Waals surface area contributed by atoms with Crippen molar-refractivity contribution < 1.29 is 14.7 Å². The molecule has 0 aromatic rings. The van der Waals surface area contributed by atoms with Gasteiger partial charge in [0.2, 0.25) is 11.8 Å². The average Bonchev–Trinajstić information content (AvgIpc) is 2.24. The molecule has 0 saturated carbocycles. The van der Waals surface area contributed by atoms with Gasteiger partial charge in [-0.2, -0.15) is 0 Å². The van der Waals surface area contributed by atoms with Crippen molar-refractivity contribution in [1.29, 1.82) is 0 Å². The third-order valence-corrected chi connectivity index (χ3v) is 2.22. The monoisotopic (exact) mass is 230 g/mol. The lowest BCUT2D eigenvalue weighted by molar-refractivity contribution is -0.139. The second-order valence-corrected chi connectivity index (χ2v) is 3.93. The molecule has 0 aromatic heterocycles. The van der Waals surface area contributed by atoms with Gasteiger partial charge in [-0.25, -0.2) is 0 Å². The van der Waals surface area contributed by atoms with Crippen LogP contribution in [0.3, 0.4) is 0 Å². The number of likely N-dealkylation sites (N-methyl/N-ethyl adjacent to an activating group) is 1. The van der Waals surface area contributed by atoms with Crippen LogP contribution in [-0.4, -0.2) is 60.5 Å². The van der Waals surface area contributed by atoms with Crippen molar-refractivity contribution in [3.8, 4) is 0 Å². The van der Waals surface area contributed by atoms with E-state index < -0.39 is 0 Å². The van der Waals surface area contributed by atoms with E-state index in [1.807, 2.05) is 6.92 Å². The van der Waals surface area contributed by atoms with Crippen LogP contribution in [-0.2, 0) is 9.59 Å². The van der Waals surface area contributed by atoms with Crippen molar-refractivity contribution >= 4 is 11.8 Å². The highest BCUT2D eigenvalue weighted by molar-refractivity contribution is 5.84. The molecular weight excluding hydrogens is 208 g/mol. The number of aliphatic hydroxyl groups is 1. The summed E-state index contributed by atoms with van der Waals surface area (Å²) in [5.41, 5.74) is 0. The number of carbonyl (C=O) groups excluding carboxylic acids is 2. The first-order valence-electron chi connectivity index (χ1n) is 5.61. The Bertz CT molecular complexity index is 229. The van der Waals surface area contributed by atoms with E-state index in [0.29, 0.717) is 19.4 Å². The Morgan fingerprint density at radius 3 is 2.25 bits per heavy atom. The standard InChI is InChI=1S/C11H22N2O3/c1-4-7-13(9-11(16)12(2)3)10(15)6-5-8-14/h14H,4-9H2,1-3H3. The molecule has 0 atom stereocenters. The molecule has 0 radical (unpaired) electrons. The van der Waals surface area contributed by atoms with E-state index in [2.05, 4.69) is 0 Å². The van der Waals surface area contributed by atoms with Crippen LogP contribution >= 0.6 is 0 Å². The lowest BCUT2D eigenvalue weighted by atomic mass is 10.2. The van der Waals surface area contributed by atoms with E-state index in [-0.39, 0.29) is 25.0 Å². The lowest BCUT2D eigenvalue weighted by Gasteiger charge is -2.23. The Kier molecular flexibility index (Phi) is 7.54. The Hall–Kier alpha value is -1.10. The molecule has 5 nitrogen and oxygen atoms in total. The van der Waals surface area contributed by atoms with Gasteiger partial charge in [0.05, 0.1) is 6.54 Å². The van der Waals surface area contributed by atoms with Gasteiger partial charge in [-0.05, 0) is 12.8 Å². The van der Waals surface area contributed by atoms with Crippen LogP contribution in [0.15, 0.2) is 0 Å². The van der Waals surface area contributed by atoms with Crippen LogP contribution in [0.5, 0.6) is 0 Å². The molecule has 2 amide bonds. The summed E-state index contributed by atoms with van der Waals surface area (Å²) in [6, 6.07) is 0. The van der Waals surface area contributed by atoms with Gasteiger partial charge < -0.3 is 14.9 Å². The molecule has 0 aliphatic rings. The van der Waals surface area contributed by atoms with E-state index in [1.165, 1.54) is 4.90 Å². The number of amides is 2. The first-order valence-corrected chi connectivity index (χ1v) is 5.61. The molecule has 1 N–H and O–H groups in total. The lowest BCUT2D eigenvalue weighted by Crippen LogP contribution is -2.40. The van der Waals surface area contributed by atoms with Crippen LogP contribution < -0.4 is 0 Å². The largest absolute Gasteiger partial charge is 0.396 e. The molecule has 16 heavy (non-hydrogen) atoms. The highest BCUT2D eigenvalue weighted by Crippen LogP contribution is 2.00. The minimum atomic E-state index is -0.0780. The van der Waals surface area contributed by atoms with Crippen molar-refractivity contribution in [2.45, 2.75) is 26.2 Å². The summed E-state index contributed by atoms with van der Waals surface area (Å²) in [5.74, 6) is -0.142. The highest BCUT2D eigenvalue weighted by atomic mass is 16.3. The molecule has 0 aliphatic carbocycles. The molecule has 0 unspecified atom stereocenters. The maximum Gasteiger partial charge on any atom is 0.241 e. The Morgan fingerprint density at radius 1 is 1.19 bits per heavy atom. The summed E-state index contributed by atoms with van der Waals surface area (Å²) in [5, 5.41) is 8.65. The number of carbonyl (C=O) groups is 2. The average molecular weight is 230 g/mol. The van der Waals surface area contributed by atoms with Crippen LogP contribution in [0.2, 0.25) is 0 Å². The second-order valence-electron chi connectivity index (χ2n) is 3.93. The van der Waals surface area contributed by atoms with E-state index in [1.54, 1.807) is 19.0 Å². The number of nitrogens with zero attached hydrogens (tertiary/aromatic N) is 2. The molecule has 0 aliphatic heterocycles. The predicted molar refractivity (Wildman–Crippen MR) is 61.9 cm³/mol. The zero-order chi connectivity index (χ0) is 12.6. The minimum Gasteiger partial charge on any atom is -0.396 e. The SMILES string of the molecule is CCCN(CC(=O)N(C)C)C(=O)CCCO. The summed E-state index contributed by atoms with van der Waals surface area (Å²) in [4.78, 5) is 26.2. The van der Waals surface area contributed by atoms with Gasteiger partial charge in [-0.3, -0.25) is 9.59 Å². The zero-order valence-electron chi connectivity index (χ0n) is 10.4. The van der Waals surface area contributed by atoms with Gasteiger partial charge in [0.15, 0.2) is 0 Å². The molecule has 0 spiro atoms. The highest BCUT2D eigenvalue weighted by Gasteiger charge is 2.16. The third kappa shape index (κ3) is 5.70.